The van der Waals surface area contributed by atoms with Crippen molar-refractivity contribution >= 4 is 11.8 Å². The van der Waals surface area contributed by atoms with Crippen molar-refractivity contribution in [1.82, 2.24) is 0 Å². The highest BCUT2D eigenvalue weighted by Crippen LogP contribution is 2.26. The summed E-state index contributed by atoms with van der Waals surface area (Å²) in [6, 6.07) is 19.8. The number of ether oxygens (including phenoxy) is 1. The Labute approximate surface area is 139 Å². The summed E-state index contributed by atoms with van der Waals surface area (Å²) in [5.74, 6) is 1.74. The molecule has 0 atom stereocenters. The first-order valence-corrected chi connectivity index (χ1v) is 7.33. The van der Waals surface area contributed by atoms with Gasteiger partial charge in [-0.05, 0) is 36.4 Å². The Morgan fingerprint density at radius 2 is 1.75 bits per heavy atom. The third-order valence-corrected chi connectivity index (χ3v) is 3.55. The predicted molar refractivity (Wildman–Crippen MR) is 92.0 cm³/mol. The minimum Gasteiger partial charge on any atom is -0.497 e. The highest BCUT2D eigenvalue weighted by molar-refractivity contribution is 5.75. The molecule has 0 saturated carbocycles. The van der Waals surface area contributed by atoms with Crippen molar-refractivity contribution in [2.75, 3.05) is 7.11 Å². The Hall–Kier alpha value is -3.34. The van der Waals surface area contributed by atoms with Crippen molar-refractivity contribution in [1.29, 1.82) is 0 Å². The van der Waals surface area contributed by atoms with E-state index < -0.39 is 4.92 Å². The third kappa shape index (κ3) is 3.35. The molecule has 0 spiro atoms. The summed E-state index contributed by atoms with van der Waals surface area (Å²) in [6.45, 7) is 0. The summed E-state index contributed by atoms with van der Waals surface area (Å²) >= 11 is 0. The van der Waals surface area contributed by atoms with E-state index in [9.17, 15) is 10.1 Å². The average molecular weight is 321 g/mol. The summed E-state index contributed by atoms with van der Waals surface area (Å²) in [4.78, 5) is 11.0. The molecule has 0 aliphatic heterocycles. The molecule has 2 aromatic carbocycles. The first-order valence-electron chi connectivity index (χ1n) is 7.33. The molecule has 0 bridgehead atoms. The second-order valence-corrected chi connectivity index (χ2v) is 5.08. The number of hydrogen-bond donors (Lipinski definition) is 0. The number of nitro groups is 1. The van der Waals surface area contributed by atoms with Crippen molar-refractivity contribution in [2.45, 2.75) is 0 Å². The summed E-state index contributed by atoms with van der Waals surface area (Å²) in [6.07, 6.45) is 1.42. The van der Waals surface area contributed by atoms with Crippen LogP contribution in [0.4, 0.5) is 0 Å². The zero-order chi connectivity index (χ0) is 16.9. The van der Waals surface area contributed by atoms with Gasteiger partial charge in [0.1, 0.15) is 17.3 Å². The monoisotopic (exact) mass is 321 g/mol. The lowest BCUT2D eigenvalue weighted by atomic mass is 10.1. The molecule has 0 aliphatic carbocycles. The molecule has 0 N–H and O–H groups in total. The Kier molecular flexibility index (Phi) is 4.43. The fraction of sp³-hybridized carbons (Fsp3) is 0.0526. The second kappa shape index (κ2) is 6.83. The predicted octanol–water partition coefficient (Wildman–Crippen LogP) is 4.73. The lowest BCUT2D eigenvalue weighted by Gasteiger charge is -2.01. The lowest BCUT2D eigenvalue weighted by Crippen LogP contribution is -1.97. The van der Waals surface area contributed by atoms with E-state index in [0.29, 0.717) is 22.8 Å². The molecule has 0 amide bonds. The van der Waals surface area contributed by atoms with Gasteiger partial charge in [-0.25, -0.2) is 0 Å². The summed E-state index contributed by atoms with van der Waals surface area (Å²) in [5, 5.41) is 11.4. The molecule has 120 valence electrons. The van der Waals surface area contributed by atoms with E-state index in [1.165, 1.54) is 6.08 Å². The Morgan fingerprint density at radius 3 is 2.38 bits per heavy atom. The van der Waals surface area contributed by atoms with Gasteiger partial charge in [0.2, 0.25) is 0 Å². The van der Waals surface area contributed by atoms with E-state index >= 15 is 0 Å². The van der Waals surface area contributed by atoms with Crippen LogP contribution in [0.3, 0.4) is 0 Å². The zero-order valence-corrected chi connectivity index (χ0v) is 13.0. The maximum Gasteiger partial charge on any atom is 0.280 e. The molecule has 0 fully saturated rings. The Bertz CT molecular complexity index is 864. The Balaban J connectivity index is 1.94. The van der Waals surface area contributed by atoms with Crippen LogP contribution < -0.4 is 4.74 Å². The molecular weight excluding hydrogens is 306 g/mol. The molecule has 5 nitrogen and oxygen atoms in total. The molecule has 0 radical (unpaired) electrons. The van der Waals surface area contributed by atoms with E-state index in [-0.39, 0.29) is 5.70 Å². The normalized spacial score (nSPS) is 11.3. The minimum atomic E-state index is -0.424. The van der Waals surface area contributed by atoms with Crippen molar-refractivity contribution < 1.29 is 14.1 Å². The minimum absolute atomic E-state index is 0.0355. The number of rotatable bonds is 5. The quantitative estimate of drug-likeness (QED) is 0.503. The second-order valence-electron chi connectivity index (χ2n) is 5.08. The van der Waals surface area contributed by atoms with Gasteiger partial charge < -0.3 is 9.15 Å². The van der Waals surface area contributed by atoms with Gasteiger partial charge in [0.05, 0.1) is 23.7 Å². The number of benzene rings is 2. The molecule has 1 aromatic heterocycles. The first-order chi connectivity index (χ1) is 11.7. The van der Waals surface area contributed by atoms with Gasteiger partial charge in [-0.1, -0.05) is 30.3 Å². The fourth-order valence-electron chi connectivity index (χ4n) is 2.33. The highest BCUT2D eigenvalue weighted by atomic mass is 16.6. The highest BCUT2D eigenvalue weighted by Gasteiger charge is 2.16. The molecule has 3 rings (SSSR count). The number of methoxy groups -OCH3 is 1. The van der Waals surface area contributed by atoms with E-state index in [1.807, 2.05) is 30.3 Å². The van der Waals surface area contributed by atoms with Gasteiger partial charge in [0.15, 0.2) is 0 Å². The molecule has 0 aliphatic rings. The maximum atomic E-state index is 11.4. The molecular formula is C19H15NO4. The van der Waals surface area contributed by atoms with Crippen LogP contribution in [0.5, 0.6) is 5.75 Å². The van der Waals surface area contributed by atoms with Crippen LogP contribution in [0, 0.1) is 10.1 Å². The van der Waals surface area contributed by atoms with Crippen molar-refractivity contribution in [3.8, 4) is 17.1 Å². The average Bonchev–Trinajstić information content (AvgIpc) is 3.09. The number of furan rings is 1. The van der Waals surface area contributed by atoms with E-state index in [0.717, 1.165) is 5.56 Å². The standard InChI is InChI=1S/C19H15NO4/c1-23-16-9-7-14(8-10-16)18(20(21)22)13-17-11-12-19(24-17)15-5-3-2-4-6-15/h2-13H,1H3. The number of nitrogens with zero attached hydrogens (tertiary/aromatic N) is 1. The van der Waals surface area contributed by atoms with E-state index in [1.54, 1.807) is 43.5 Å². The Morgan fingerprint density at radius 1 is 1.04 bits per heavy atom. The van der Waals surface area contributed by atoms with Crippen LogP contribution in [0.2, 0.25) is 0 Å². The van der Waals surface area contributed by atoms with Crippen LogP contribution in [0.15, 0.2) is 71.1 Å². The molecule has 5 heteroatoms. The molecule has 3 aromatic rings. The molecule has 0 saturated heterocycles. The van der Waals surface area contributed by atoms with Crippen molar-refractivity contribution in [2.24, 2.45) is 0 Å². The SMILES string of the molecule is COc1ccc(C(=Cc2ccc(-c3ccccc3)o2)[N+](=O)[O-])cc1. The summed E-state index contributed by atoms with van der Waals surface area (Å²) < 4.78 is 10.8. The molecule has 0 unspecified atom stereocenters. The van der Waals surface area contributed by atoms with Crippen LogP contribution in [-0.4, -0.2) is 12.0 Å². The van der Waals surface area contributed by atoms with Crippen LogP contribution in [-0.2, 0) is 0 Å². The van der Waals surface area contributed by atoms with E-state index in [2.05, 4.69) is 0 Å². The van der Waals surface area contributed by atoms with Gasteiger partial charge in [0, 0.05) is 5.56 Å². The fourth-order valence-corrected chi connectivity index (χ4v) is 2.33. The topological polar surface area (TPSA) is 65.5 Å². The third-order valence-electron chi connectivity index (χ3n) is 3.55. The maximum absolute atomic E-state index is 11.4. The van der Waals surface area contributed by atoms with Gasteiger partial charge in [-0.3, -0.25) is 10.1 Å². The van der Waals surface area contributed by atoms with Gasteiger partial charge >= 0.3 is 0 Å². The molecule has 1 heterocycles. The smallest absolute Gasteiger partial charge is 0.280 e. The van der Waals surface area contributed by atoms with Crippen LogP contribution >= 0.6 is 0 Å². The van der Waals surface area contributed by atoms with Gasteiger partial charge in [-0.15, -0.1) is 0 Å². The van der Waals surface area contributed by atoms with E-state index in [4.69, 9.17) is 9.15 Å². The van der Waals surface area contributed by atoms with Crippen LogP contribution in [0.1, 0.15) is 11.3 Å². The lowest BCUT2D eigenvalue weighted by molar-refractivity contribution is -0.374. The van der Waals surface area contributed by atoms with Gasteiger partial charge in [0.25, 0.3) is 5.70 Å². The van der Waals surface area contributed by atoms with Crippen molar-refractivity contribution in [3.05, 3.63) is 88.2 Å². The number of hydrogen-bond acceptors (Lipinski definition) is 4. The summed E-state index contributed by atoms with van der Waals surface area (Å²) in [5.41, 5.74) is 1.37. The zero-order valence-electron chi connectivity index (χ0n) is 13.0. The van der Waals surface area contributed by atoms with Crippen molar-refractivity contribution in [3.63, 3.8) is 0 Å². The van der Waals surface area contributed by atoms with Gasteiger partial charge in [-0.2, -0.15) is 0 Å². The largest absolute Gasteiger partial charge is 0.497 e. The van der Waals surface area contributed by atoms with Crippen LogP contribution in [0.25, 0.3) is 23.1 Å². The summed E-state index contributed by atoms with van der Waals surface area (Å²) in [7, 11) is 1.55. The molecule has 24 heavy (non-hydrogen) atoms. The first kappa shape index (κ1) is 15.6.